The van der Waals surface area contributed by atoms with E-state index < -0.39 is 0 Å². The zero-order valence-corrected chi connectivity index (χ0v) is 16.8. The minimum Gasteiger partial charge on any atom is -0.494 e. The van der Waals surface area contributed by atoms with Gasteiger partial charge in [-0.3, -0.25) is 9.59 Å². The lowest BCUT2D eigenvalue weighted by Crippen LogP contribution is -2.38. The fourth-order valence-electron chi connectivity index (χ4n) is 3.97. The van der Waals surface area contributed by atoms with Crippen molar-refractivity contribution in [1.82, 2.24) is 9.97 Å². The fraction of sp³-hybridized carbons (Fsp3) is 0.381. The van der Waals surface area contributed by atoms with Crippen LogP contribution < -0.4 is 15.6 Å². The minimum atomic E-state index is -0.383. The Kier molecular flexibility index (Phi) is 5.26. The molecule has 28 heavy (non-hydrogen) atoms. The summed E-state index contributed by atoms with van der Waals surface area (Å²) in [5.41, 5.74) is 2.11. The average molecular weight is 398 g/mol. The molecule has 0 saturated heterocycles. The Labute approximate surface area is 167 Å². The molecule has 0 bridgehead atoms. The predicted molar refractivity (Wildman–Crippen MR) is 110 cm³/mol. The van der Waals surface area contributed by atoms with Gasteiger partial charge in [0.25, 0.3) is 5.56 Å². The van der Waals surface area contributed by atoms with Gasteiger partial charge in [-0.15, -0.1) is 0 Å². The van der Waals surface area contributed by atoms with Crippen molar-refractivity contribution in [2.45, 2.75) is 37.8 Å². The smallest absolute Gasteiger partial charge is 0.257 e. The van der Waals surface area contributed by atoms with E-state index in [2.05, 4.69) is 21.4 Å². The molecule has 2 aliphatic rings. The third-order valence-electron chi connectivity index (χ3n) is 5.11. The number of Topliss-reactive ketones (excluding diaryl/α,β-unsaturated/α-hetero) is 1. The van der Waals surface area contributed by atoms with E-state index in [4.69, 9.17) is 4.74 Å². The van der Waals surface area contributed by atoms with Gasteiger partial charge in [-0.1, -0.05) is 36.9 Å². The van der Waals surface area contributed by atoms with Crippen LogP contribution in [0.1, 0.15) is 43.7 Å². The Balaban J connectivity index is 1.86. The molecular weight excluding hydrogens is 374 g/mol. The van der Waals surface area contributed by atoms with Crippen molar-refractivity contribution in [3.8, 4) is 5.75 Å². The number of carbonyl (C=O) groups excluding carboxylic acids is 1. The van der Waals surface area contributed by atoms with E-state index in [1.807, 2.05) is 38.1 Å². The van der Waals surface area contributed by atoms with Crippen LogP contribution in [0.25, 0.3) is 0 Å². The number of nitrogens with one attached hydrogen (secondary N) is 2. The van der Waals surface area contributed by atoms with Gasteiger partial charge in [-0.2, -0.15) is 0 Å². The number of allylic oxidation sites excluding steroid dienone is 2. The number of hydrogen-bond acceptors (Lipinski definition) is 6. The minimum absolute atomic E-state index is 0.154. The van der Waals surface area contributed by atoms with Crippen molar-refractivity contribution >= 4 is 23.4 Å². The molecule has 2 atom stereocenters. The Morgan fingerprint density at radius 2 is 1.96 bits per heavy atom. The van der Waals surface area contributed by atoms with Gasteiger partial charge in [-0.05, 0) is 36.8 Å². The second kappa shape index (κ2) is 7.83. The lowest BCUT2D eigenvalue weighted by molar-refractivity contribution is -0.122. The van der Waals surface area contributed by atoms with Crippen LogP contribution in [0.3, 0.4) is 0 Å². The highest BCUT2D eigenvalue weighted by Crippen LogP contribution is 2.45. The molecule has 6 nitrogen and oxygen atoms in total. The Bertz CT molecular complexity index is 981. The molecule has 2 N–H and O–H groups in total. The molecule has 1 aliphatic carbocycles. The normalized spacial score (nSPS) is 20.6. The van der Waals surface area contributed by atoms with Crippen LogP contribution in [-0.2, 0) is 4.79 Å². The number of carbonyl (C=O) groups is 1. The second-order valence-electron chi connectivity index (χ2n) is 6.81. The zero-order valence-electron chi connectivity index (χ0n) is 16.0. The van der Waals surface area contributed by atoms with Crippen LogP contribution in [0.2, 0.25) is 0 Å². The van der Waals surface area contributed by atoms with E-state index in [1.54, 1.807) is 0 Å². The standard InChI is InChI=1S/C21H23N3O3S/c1-3-27-13-10-8-12(9-11-13)16-17-14(6-5-7-15(17)25)22-19-18(16)20(26)24-21(23-19)28-4-2/h6,8-11,16-17H,3-5,7H2,1-2H3,(H2,22,23,24,26)/t16-,17-/m1/s1. The van der Waals surface area contributed by atoms with Crippen LogP contribution in [0, 0.1) is 5.92 Å². The SMILES string of the molecule is CCOc1ccc([C@H]2c3c(nc(SCC)[nH]c3=O)NC3=CCCC(=O)[C@@H]32)cc1. The highest BCUT2D eigenvalue weighted by molar-refractivity contribution is 7.99. The van der Waals surface area contributed by atoms with Crippen molar-refractivity contribution in [3.05, 3.63) is 57.5 Å². The first-order chi connectivity index (χ1) is 13.6. The lowest BCUT2D eigenvalue weighted by Gasteiger charge is -2.36. The number of aromatic nitrogens is 2. The van der Waals surface area contributed by atoms with Gasteiger partial charge in [0, 0.05) is 18.0 Å². The van der Waals surface area contributed by atoms with Crippen LogP contribution in [0.4, 0.5) is 5.82 Å². The number of H-pyrrole nitrogens is 1. The summed E-state index contributed by atoms with van der Waals surface area (Å²) in [4.78, 5) is 33.3. The van der Waals surface area contributed by atoms with Gasteiger partial charge >= 0.3 is 0 Å². The van der Waals surface area contributed by atoms with Crippen LogP contribution in [0.15, 0.2) is 46.0 Å². The molecule has 2 aromatic rings. The van der Waals surface area contributed by atoms with E-state index >= 15 is 0 Å². The number of nitrogens with zero attached hydrogens (tertiary/aromatic N) is 1. The summed E-state index contributed by atoms with van der Waals surface area (Å²) < 4.78 is 5.54. The number of anilines is 1. The highest BCUT2D eigenvalue weighted by Gasteiger charge is 2.42. The van der Waals surface area contributed by atoms with E-state index in [0.717, 1.165) is 22.8 Å². The van der Waals surface area contributed by atoms with E-state index in [9.17, 15) is 9.59 Å². The molecule has 1 aromatic carbocycles. The Morgan fingerprint density at radius 1 is 1.18 bits per heavy atom. The first kappa shape index (κ1) is 18.8. The first-order valence-electron chi connectivity index (χ1n) is 9.62. The molecule has 0 saturated carbocycles. The number of thioether (sulfide) groups is 1. The van der Waals surface area contributed by atoms with Crippen LogP contribution in [-0.4, -0.2) is 28.1 Å². The summed E-state index contributed by atoms with van der Waals surface area (Å²) in [7, 11) is 0. The average Bonchev–Trinajstić information content (AvgIpc) is 2.68. The summed E-state index contributed by atoms with van der Waals surface area (Å²) >= 11 is 1.49. The van der Waals surface area contributed by atoms with Crippen molar-refractivity contribution in [3.63, 3.8) is 0 Å². The van der Waals surface area contributed by atoms with Crippen molar-refractivity contribution < 1.29 is 9.53 Å². The molecule has 2 heterocycles. The molecule has 4 rings (SSSR count). The maximum atomic E-state index is 13.0. The summed E-state index contributed by atoms with van der Waals surface area (Å²) in [6.07, 6.45) is 3.27. The predicted octanol–water partition coefficient (Wildman–Crippen LogP) is 3.70. The maximum Gasteiger partial charge on any atom is 0.257 e. The van der Waals surface area contributed by atoms with Crippen LogP contribution in [0.5, 0.6) is 5.75 Å². The zero-order chi connectivity index (χ0) is 19.7. The third kappa shape index (κ3) is 3.35. The van der Waals surface area contributed by atoms with Gasteiger partial charge < -0.3 is 15.0 Å². The largest absolute Gasteiger partial charge is 0.494 e. The second-order valence-corrected chi connectivity index (χ2v) is 8.07. The first-order valence-corrected chi connectivity index (χ1v) is 10.6. The molecule has 0 spiro atoms. The Morgan fingerprint density at radius 3 is 2.68 bits per heavy atom. The van der Waals surface area contributed by atoms with Gasteiger partial charge in [0.2, 0.25) is 0 Å². The van der Waals surface area contributed by atoms with E-state index in [0.29, 0.717) is 36.0 Å². The Hall–Kier alpha value is -2.54. The monoisotopic (exact) mass is 397 g/mol. The van der Waals surface area contributed by atoms with E-state index in [1.165, 1.54) is 11.8 Å². The third-order valence-corrected chi connectivity index (χ3v) is 5.86. The topological polar surface area (TPSA) is 84.1 Å². The molecule has 0 radical (unpaired) electrons. The van der Waals surface area contributed by atoms with Crippen LogP contribution >= 0.6 is 11.8 Å². The lowest BCUT2D eigenvalue weighted by atomic mass is 9.72. The van der Waals surface area contributed by atoms with Gasteiger partial charge in [0.1, 0.15) is 17.4 Å². The quantitative estimate of drug-likeness (QED) is 0.591. The number of benzene rings is 1. The summed E-state index contributed by atoms with van der Waals surface area (Å²) in [6.45, 7) is 4.54. The molecule has 1 aliphatic heterocycles. The number of aromatic amines is 1. The number of ketones is 1. The van der Waals surface area contributed by atoms with E-state index in [-0.39, 0.29) is 23.2 Å². The maximum absolute atomic E-state index is 13.0. The highest BCUT2D eigenvalue weighted by atomic mass is 32.2. The molecule has 1 aromatic heterocycles. The molecule has 0 fully saturated rings. The molecule has 0 unspecified atom stereocenters. The number of rotatable bonds is 5. The molecule has 7 heteroatoms. The molecular formula is C21H23N3O3S. The molecule has 0 amide bonds. The number of ether oxygens (including phenoxy) is 1. The summed E-state index contributed by atoms with van der Waals surface area (Å²) in [5, 5.41) is 3.86. The van der Waals surface area contributed by atoms with Crippen molar-refractivity contribution in [1.29, 1.82) is 0 Å². The fourth-order valence-corrected chi connectivity index (χ4v) is 4.57. The van der Waals surface area contributed by atoms with Gasteiger partial charge in [-0.25, -0.2) is 4.98 Å². The number of hydrogen-bond donors (Lipinski definition) is 2. The van der Waals surface area contributed by atoms with Gasteiger partial charge in [0.05, 0.1) is 18.1 Å². The van der Waals surface area contributed by atoms with Crippen molar-refractivity contribution in [2.24, 2.45) is 5.92 Å². The van der Waals surface area contributed by atoms with Crippen molar-refractivity contribution in [2.75, 3.05) is 17.7 Å². The molecule has 146 valence electrons. The summed E-state index contributed by atoms with van der Waals surface area (Å²) in [5.74, 6) is 1.55. The van der Waals surface area contributed by atoms with Gasteiger partial charge in [0.15, 0.2) is 5.16 Å². The summed E-state index contributed by atoms with van der Waals surface area (Å²) in [6, 6.07) is 7.66. The number of fused-ring (bicyclic) bond motifs is 2.